The summed E-state index contributed by atoms with van der Waals surface area (Å²) < 4.78 is 5.67. The van der Waals surface area contributed by atoms with Gasteiger partial charge in [-0.15, -0.1) is 0 Å². The highest BCUT2D eigenvalue weighted by Gasteiger charge is 2.02. The minimum atomic E-state index is -0.212. The van der Waals surface area contributed by atoms with Crippen LogP contribution in [-0.4, -0.2) is 12.1 Å². The Kier molecular flexibility index (Phi) is 5.81. The molecule has 2 aromatic carbocycles. The van der Waals surface area contributed by atoms with E-state index in [4.69, 9.17) is 27.9 Å². The maximum Gasteiger partial charge on any atom is 0.236 e. The van der Waals surface area contributed by atoms with Crippen LogP contribution in [0.1, 0.15) is 18.1 Å². The summed E-state index contributed by atoms with van der Waals surface area (Å²) in [6, 6.07) is 12.6. The highest BCUT2D eigenvalue weighted by atomic mass is 35.5. The number of rotatable bonds is 5. The lowest BCUT2D eigenvalue weighted by Gasteiger charge is -2.08. The predicted octanol–water partition coefficient (Wildman–Crippen LogP) is 4.04. The number of halogens is 2. The molecule has 6 heteroatoms. The highest BCUT2D eigenvalue weighted by Crippen LogP contribution is 2.22. The maximum atomic E-state index is 10.7. The fourth-order valence-electron chi connectivity index (χ4n) is 1.65. The molecule has 114 valence electrons. The molecule has 0 aromatic heterocycles. The van der Waals surface area contributed by atoms with Crippen LogP contribution >= 0.6 is 23.2 Å². The lowest BCUT2D eigenvalue weighted by atomic mass is 10.2. The van der Waals surface area contributed by atoms with Gasteiger partial charge in [0.2, 0.25) is 5.91 Å². The first-order chi connectivity index (χ1) is 10.5. The number of amides is 1. The quantitative estimate of drug-likeness (QED) is 0.661. The summed E-state index contributed by atoms with van der Waals surface area (Å²) in [7, 11) is 0. The number of nitrogens with one attached hydrogen (secondary N) is 1. The van der Waals surface area contributed by atoms with Crippen molar-refractivity contribution in [3.63, 3.8) is 0 Å². The molecular weight excluding hydrogens is 323 g/mol. The lowest BCUT2D eigenvalue weighted by Crippen LogP contribution is -2.12. The number of nitrogens with zero attached hydrogens (tertiary/aromatic N) is 1. The molecule has 0 radical (unpaired) electrons. The molecule has 0 heterocycles. The number of hydrogen-bond donors (Lipinski definition) is 1. The first kappa shape index (κ1) is 16.3. The summed E-state index contributed by atoms with van der Waals surface area (Å²) in [5, 5.41) is 4.96. The van der Waals surface area contributed by atoms with Gasteiger partial charge in [-0.25, -0.2) is 5.43 Å². The monoisotopic (exact) mass is 336 g/mol. The van der Waals surface area contributed by atoms with Crippen molar-refractivity contribution >= 4 is 35.3 Å². The van der Waals surface area contributed by atoms with Gasteiger partial charge in [-0.3, -0.25) is 4.79 Å². The van der Waals surface area contributed by atoms with Crippen molar-refractivity contribution < 1.29 is 9.53 Å². The second-order valence-corrected chi connectivity index (χ2v) is 5.36. The zero-order valence-electron chi connectivity index (χ0n) is 11.8. The van der Waals surface area contributed by atoms with Gasteiger partial charge in [0, 0.05) is 22.5 Å². The standard InChI is InChI=1S/C16H14Cl2N2O2/c1-11(21)20-19-9-12-2-6-15(7-3-12)22-10-13-4-5-14(17)8-16(13)18/h2-9H,10H2,1H3,(H,20,21)/b19-9-. The van der Waals surface area contributed by atoms with Crippen LogP contribution in [0.15, 0.2) is 47.6 Å². The topological polar surface area (TPSA) is 50.7 Å². The zero-order chi connectivity index (χ0) is 15.9. The van der Waals surface area contributed by atoms with Crippen LogP contribution in [0, 0.1) is 0 Å². The Labute approximate surface area is 138 Å². The Hall–Kier alpha value is -2.04. The van der Waals surface area contributed by atoms with Gasteiger partial charge >= 0.3 is 0 Å². The van der Waals surface area contributed by atoms with Crippen molar-refractivity contribution in [2.24, 2.45) is 5.10 Å². The van der Waals surface area contributed by atoms with Gasteiger partial charge in [0.15, 0.2) is 0 Å². The Morgan fingerprint density at radius 2 is 1.95 bits per heavy atom. The van der Waals surface area contributed by atoms with Crippen LogP contribution in [-0.2, 0) is 11.4 Å². The van der Waals surface area contributed by atoms with E-state index in [2.05, 4.69) is 10.5 Å². The van der Waals surface area contributed by atoms with Crippen molar-refractivity contribution in [2.45, 2.75) is 13.5 Å². The zero-order valence-corrected chi connectivity index (χ0v) is 13.4. The minimum Gasteiger partial charge on any atom is -0.489 e. The van der Waals surface area contributed by atoms with Crippen molar-refractivity contribution in [1.29, 1.82) is 0 Å². The molecule has 4 nitrogen and oxygen atoms in total. The van der Waals surface area contributed by atoms with Crippen LogP contribution < -0.4 is 10.2 Å². The molecule has 0 unspecified atom stereocenters. The SMILES string of the molecule is CC(=O)N/N=C\c1ccc(OCc2ccc(Cl)cc2Cl)cc1. The van der Waals surface area contributed by atoms with Crippen LogP contribution in [0.3, 0.4) is 0 Å². The van der Waals surface area contributed by atoms with Crippen LogP contribution in [0.4, 0.5) is 0 Å². The molecule has 0 aliphatic heterocycles. The highest BCUT2D eigenvalue weighted by molar-refractivity contribution is 6.35. The molecule has 0 atom stereocenters. The fourth-order valence-corrected chi connectivity index (χ4v) is 2.11. The largest absolute Gasteiger partial charge is 0.489 e. The van der Waals surface area contributed by atoms with E-state index in [9.17, 15) is 4.79 Å². The summed E-state index contributed by atoms with van der Waals surface area (Å²) in [5.41, 5.74) is 4.06. The summed E-state index contributed by atoms with van der Waals surface area (Å²) >= 11 is 11.9. The summed E-state index contributed by atoms with van der Waals surface area (Å²) in [5.74, 6) is 0.499. The van der Waals surface area contributed by atoms with Crippen molar-refractivity contribution in [3.8, 4) is 5.75 Å². The van der Waals surface area contributed by atoms with Crippen LogP contribution in [0.25, 0.3) is 0 Å². The number of benzene rings is 2. The van der Waals surface area contributed by atoms with Crippen LogP contribution in [0.5, 0.6) is 5.75 Å². The molecule has 2 rings (SSSR count). The molecule has 0 bridgehead atoms. The van der Waals surface area contributed by atoms with Crippen molar-refractivity contribution in [1.82, 2.24) is 5.43 Å². The predicted molar refractivity (Wildman–Crippen MR) is 88.6 cm³/mol. The molecule has 22 heavy (non-hydrogen) atoms. The molecule has 0 aliphatic carbocycles. The lowest BCUT2D eigenvalue weighted by molar-refractivity contribution is -0.118. The molecule has 0 spiro atoms. The van der Waals surface area contributed by atoms with E-state index in [1.54, 1.807) is 18.3 Å². The Bertz CT molecular complexity index is 685. The third-order valence-corrected chi connectivity index (χ3v) is 3.31. The molecule has 0 saturated heterocycles. The maximum absolute atomic E-state index is 10.7. The first-order valence-corrected chi connectivity index (χ1v) is 7.26. The number of hydrazone groups is 1. The van der Waals surface area contributed by atoms with E-state index in [1.807, 2.05) is 30.3 Å². The summed E-state index contributed by atoms with van der Waals surface area (Å²) in [6.45, 7) is 1.76. The van der Waals surface area contributed by atoms with Gasteiger partial charge in [0.1, 0.15) is 12.4 Å². The Morgan fingerprint density at radius 1 is 1.23 bits per heavy atom. The molecule has 0 fully saturated rings. The van der Waals surface area contributed by atoms with E-state index in [0.717, 1.165) is 11.1 Å². The number of carbonyl (C=O) groups is 1. The van der Waals surface area contributed by atoms with Gasteiger partial charge in [0.05, 0.1) is 6.21 Å². The Balaban J connectivity index is 1.93. The molecule has 0 aliphatic rings. The van der Waals surface area contributed by atoms with Gasteiger partial charge < -0.3 is 4.74 Å². The summed E-state index contributed by atoms with van der Waals surface area (Å²) in [4.78, 5) is 10.7. The van der Waals surface area contributed by atoms with Gasteiger partial charge in [0.25, 0.3) is 0 Å². The average molecular weight is 337 g/mol. The molecule has 1 N–H and O–H groups in total. The first-order valence-electron chi connectivity index (χ1n) is 6.51. The van der Waals surface area contributed by atoms with Crippen molar-refractivity contribution in [2.75, 3.05) is 0 Å². The van der Waals surface area contributed by atoms with Crippen molar-refractivity contribution in [3.05, 3.63) is 63.6 Å². The van der Waals surface area contributed by atoms with E-state index in [1.165, 1.54) is 6.92 Å². The molecular formula is C16H14Cl2N2O2. The normalized spacial score (nSPS) is 10.7. The van der Waals surface area contributed by atoms with Gasteiger partial charge in [-0.2, -0.15) is 5.10 Å². The Morgan fingerprint density at radius 3 is 2.59 bits per heavy atom. The minimum absolute atomic E-state index is 0.212. The number of carbonyl (C=O) groups excluding carboxylic acids is 1. The van der Waals surface area contributed by atoms with Gasteiger partial charge in [-0.05, 0) is 42.0 Å². The van der Waals surface area contributed by atoms with E-state index in [-0.39, 0.29) is 5.91 Å². The smallest absolute Gasteiger partial charge is 0.236 e. The number of ether oxygens (including phenoxy) is 1. The van der Waals surface area contributed by atoms with Crippen LogP contribution in [0.2, 0.25) is 10.0 Å². The van der Waals surface area contributed by atoms with E-state index < -0.39 is 0 Å². The summed E-state index contributed by atoms with van der Waals surface area (Å²) in [6.07, 6.45) is 1.56. The van der Waals surface area contributed by atoms with E-state index >= 15 is 0 Å². The molecule has 2 aromatic rings. The third-order valence-electron chi connectivity index (χ3n) is 2.73. The average Bonchev–Trinajstić information content (AvgIpc) is 2.47. The second-order valence-electron chi connectivity index (χ2n) is 4.52. The second kappa shape index (κ2) is 7.82. The number of hydrogen-bond acceptors (Lipinski definition) is 3. The fraction of sp³-hybridized carbons (Fsp3) is 0.125. The molecule has 1 amide bonds. The molecule has 0 saturated carbocycles. The van der Waals surface area contributed by atoms with E-state index in [0.29, 0.717) is 22.4 Å². The van der Waals surface area contributed by atoms with Gasteiger partial charge in [-0.1, -0.05) is 29.3 Å². The third kappa shape index (κ3) is 5.06.